The highest BCUT2D eigenvalue weighted by Gasteiger charge is 2.48. The van der Waals surface area contributed by atoms with Crippen molar-refractivity contribution < 1.29 is 4.79 Å². The molecule has 4 rings (SSSR count). The van der Waals surface area contributed by atoms with Crippen LogP contribution >= 0.6 is 0 Å². The minimum atomic E-state index is -0.0538. The minimum Gasteiger partial charge on any atom is -0.316 e. The van der Waals surface area contributed by atoms with Crippen molar-refractivity contribution in [1.82, 2.24) is 15.8 Å². The third-order valence-electron chi connectivity index (χ3n) is 4.00. The largest absolute Gasteiger partial charge is 0.316 e. The van der Waals surface area contributed by atoms with Crippen LogP contribution in [0.1, 0.15) is 6.42 Å². The molecule has 2 unspecified atom stereocenters. The van der Waals surface area contributed by atoms with E-state index in [2.05, 4.69) is 21.9 Å². The summed E-state index contributed by atoms with van der Waals surface area (Å²) >= 11 is 0. The second kappa shape index (κ2) is 3.68. The van der Waals surface area contributed by atoms with Crippen LogP contribution in [0.2, 0.25) is 0 Å². The van der Waals surface area contributed by atoms with Crippen LogP contribution in [0.25, 0.3) is 0 Å². The Kier molecular flexibility index (Phi) is 2.08. The van der Waals surface area contributed by atoms with Crippen molar-refractivity contribution in [2.75, 3.05) is 11.9 Å². The summed E-state index contributed by atoms with van der Waals surface area (Å²) in [5, 5.41) is 0. The Bertz CT molecular complexity index is 620. The van der Waals surface area contributed by atoms with E-state index in [-0.39, 0.29) is 11.9 Å². The van der Waals surface area contributed by atoms with E-state index in [1.165, 1.54) is 12.0 Å². The molecule has 0 radical (unpaired) electrons. The Balaban J connectivity index is 1.65. The van der Waals surface area contributed by atoms with Crippen molar-refractivity contribution in [2.45, 2.75) is 12.5 Å². The molecule has 0 aromatic carbocycles. The van der Waals surface area contributed by atoms with Crippen molar-refractivity contribution in [2.24, 2.45) is 5.92 Å². The number of amides is 1. The summed E-state index contributed by atoms with van der Waals surface area (Å²) in [6.07, 6.45) is 5.01. The van der Waals surface area contributed by atoms with Crippen LogP contribution in [-0.2, 0) is 4.79 Å². The number of aromatic nitrogens is 1. The lowest BCUT2D eigenvalue weighted by molar-refractivity contribution is -0.115. The van der Waals surface area contributed by atoms with Gasteiger partial charge >= 0.3 is 0 Å². The molecule has 5 heteroatoms. The van der Waals surface area contributed by atoms with E-state index >= 15 is 0 Å². The van der Waals surface area contributed by atoms with E-state index in [0.29, 0.717) is 17.4 Å². The molecule has 0 bridgehead atoms. The SMILES string of the molecule is CN(C(=O)C1=C2C=C3CC3C2NN1)c1ccccn1. The molecule has 2 N–H and O–H groups in total. The molecule has 0 saturated heterocycles. The molecule has 2 heterocycles. The minimum absolute atomic E-state index is 0.0538. The predicted molar refractivity (Wildman–Crippen MR) is 70.9 cm³/mol. The van der Waals surface area contributed by atoms with Crippen molar-refractivity contribution in [3.05, 3.63) is 47.3 Å². The van der Waals surface area contributed by atoms with Crippen LogP contribution in [0, 0.1) is 5.92 Å². The fraction of sp³-hybridized carbons (Fsp3) is 0.286. The van der Waals surface area contributed by atoms with E-state index in [0.717, 1.165) is 5.57 Å². The molecule has 2 atom stereocenters. The molecular formula is C14H14N4O. The first-order chi connectivity index (χ1) is 9.25. The summed E-state index contributed by atoms with van der Waals surface area (Å²) in [6, 6.07) is 5.82. The average Bonchev–Trinajstić information content (AvgIpc) is 2.94. The van der Waals surface area contributed by atoms with Crippen molar-refractivity contribution >= 4 is 11.7 Å². The number of nitrogens with zero attached hydrogens (tertiary/aromatic N) is 2. The van der Waals surface area contributed by atoms with E-state index in [9.17, 15) is 4.79 Å². The summed E-state index contributed by atoms with van der Waals surface area (Å²) in [6.45, 7) is 0. The normalized spacial score (nSPS) is 26.5. The average molecular weight is 254 g/mol. The zero-order valence-electron chi connectivity index (χ0n) is 10.6. The Labute approximate surface area is 111 Å². The number of carbonyl (C=O) groups is 1. The number of hydrogen-bond donors (Lipinski definition) is 2. The molecule has 2 aliphatic carbocycles. The van der Waals surface area contributed by atoms with Gasteiger partial charge in [0.25, 0.3) is 5.91 Å². The molecule has 1 aliphatic heterocycles. The summed E-state index contributed by atoms with van der Waals surface area (Å²) in [4.78, 5) is 18.3. The van der Waals surface area contributed by atoms with Crippen LogP contribution in [0.4, 0.5) is 5.82 Å². The first-order valence-electron chi connectivity index (χ1n) is 6.41. The standard InChI is InChI=1S/C14H14N4O/c1-18(11-4-2-3-5-15-11)14(19)13-10-7-8-6-9(8)12(10)16-17-13/h2-5,7,9,12,16-17H,6H2,1H3. The molecule has 1 saturated carbocycles. The molecule has 1 amide bonds. The van der Waals surface area contributed by atoms with Gasteiger partial charge in [0, 0.05) is 24.7 Å². The van der Waals surface area contributed by atoms with E-state index < -0.39 is 0 Å². The van der Waals surface area contributed by atoms with Crippen molar-refractivity contribution in [3.63, 3.8) is 0 Å². The van der Waals surface area contributed by atoms with Gasteiger partial charge in [-0.15, -0.1) is 0 Å². The van der Waals surface area contributed by atoms with Crippen LogP contribution in [-0.4, -0.2) is 24.0 Å². The first-order valence-corrected chi connectivity index (χ1v) is 6.41. The van der Waals surface area contributed by atoms with Crippen molar-refractivity contribution in [1.29, 1.82) is 0 Å². The molecule has 1 fully saturated rings. The maximum absolute atomic E-state index is 12.5. The van der Waals surface area contributed by atoms with E-state index in [1.54, 1.807) is 18.1 Å². The van der Waals surface area contributed by atoms with Crippen molar-refractivity contribution in [3.8, 4) is 0 Å². The number of hydrogen-bond acceptors (Lipinski definition) is 4. The number of carbonyl (C=O) groups excluding carboxylic acids is 1. The Morgan fingerprint density at radius 1 is 1.47 bits per heavy atom. The fourth-order valence-corrected chi connectivity index (χ4v) is 2.83. The Morgan fingerprint density at radius 3 is 3.16 bits per heavy atom. The molecule has 0 spiro atoms. The predicted octanol–water partition coefficient (Wildman–Crippen LogP) is 0.735. The lowest BCUT2D eigenvalue weighted by Gasteiger charge is -2.17. The smallest absolute Gasteiger partial charge is 0.276 e. The van der Waals surface area contributed by atoms with E-state index in [1.807, 2.05) is 18.2 Å². The number of rotatable bonds is 2. The van der Waals surface area contributed by atoms with Gasteiger partial charge in [0.15, 0.2) is 0 Å². The number of pyridine rings is 1. The third kappa shape index (κ3) is 1.51. The van der Waals surface area contributed by atoms with Gasteiger partial charge in [0.2, 0.25) is 0 Å². The molecule has 1 aromatic rings. The highest BCUT2D eigenvalue weighted by atomic mass is 16.2. The van der Waals surface area contributed by atoms with Crippen LogP contribution in [0.5, 0.6) is 0 Å². The van der Waals surface area contributed by atoms with E-state index in [4.69, 9.17) is 0 Å². The molecule has 96 valence electrons. The second-order valence-corrected chi connectivity index (χ2v) is 5.16. The summed E-state index contributed by atoms with van der Waals surface area (Å²) in [5.74, 6) is 1.21. The number of hydrazine groups is 1. The number of anilines is 1. The summed E-state index contributed by atoms with van der Waals surface area (Å²) in [5.41, 5.74) is 9.44. The van der Waals surface area contributed by atoms with Gasteiger partial charge in [-0.3, -0.25) is 9.69 Å². The highest BCUT2D eigenvalue weighted by Crippen LogP contribution is 2.50. The zero-order valence-corrected chi connectivity index (χ0v) is 10.6. The van der Waals surface area contributed by atoms with Gasteiger partial charge in [0.1, 0.15) is 11.5 Å². The zero-order chi connectivity index (χ0) is 13.0. The van der Waals surface area contributed by atoms with Crippen LogP contribution in [0.3, 0.4) is 0 Å². The highest BCUT2D eigenvalue weighted by molar-refractivity contribution is 6.05. The van der Waals surface area contributed by atoms with Gasteiger partial charge < -0.3 is 5.43 Å². The Morgan fingerprint density at radius 2 is 2.37 bits per heavy atom. The van der Waals surface area contributed by atoms with Gasteiger partial charge in [0.05, 0.1) is 6.04 Å². The molecule has 5 nitrogen and oxygen atoms in total. The van der Waals surface area contributed by atoms with Gasteiger partial charge in [-0.1, -0.05) is 17.7 Å². The monoisotopic (exact) mass is 254 g/mol. The van der Waals surface area contributed by atoms with Crippen LogP contribution < -0.4 is 15.8 Å². The molecule has 3 aliphatic rings. The third-order valence-corrected chi connectivity index (χ3v) is 4.00. The van der Waals surface area contributed by atoms with Gasteiger partial charge in [-0.2, -0.15) is 0 Å². The quantitative estimate of drug-likeness (QED) is 0.817. The Hall–Kier alpha value is -2.14. The van der Waals surface area contributed by atoms with Gasteiger partial charge in [-0.05, 0) is 18.6 Å². The maximum atomic E-state index is 12.5. The number of fused-ring (bicyclic) bond motifs is 3. The fourth-order valence-electron chi connectivity index (χ4n) is 2.83. The first kappa shape index (κ1) is 10.8. The number of likely N-dealkylation sites (N-methyl/N-ethyl adjacent to an activating group) is 1. The lowest BCUT2D eigenvalue weighted by atomic mass is 10.1. The lowest BCUT2D eigenvalue weighted by Crippen LogP contribution is -2.38. The summed E-state index contributed by atoms with van der Waals surface area (Å²) in [7, 11) is 1.75. The topological polar surface area (TPSA) is 57.3 Å². The molecular weight excluding hydrogens is 240 g/mol. The number of nitrogens with one attached hydrogen (secondary N) is 2. The van der Waals surface area contributed by atoms with Gasteiger partial charge in [-0.25, -0.2) is 10.4 Å². The van der Waals surface area contributed by atoms with Crippen LogP contribution in [0.15, 0.2) is 47.3 Å². The molecule has 1 aromatic heterocycles. The molecule has 19 heavy (non-hydrogen) atoms. The maximum Gasteiger partial charge on any atom is 0.276 e. The summed E-state index contributed by atoms with van der Waals surface area (Å²) < 4.78 is 0. The second-order valence-electron chi connectivity index (χ2n) is 5.16.